The molecule has 1 saturated heterocycles. The van der Waals surface area contributed by atoms with Gasteiger partial charge in [-0.05, 0) is 29.0 Å². The monoisotopic (exact) mass is 232 g/mol. The number of halogens is 1. The SMILES string of the molecule is ClCc1nnnn1CC1CCCCS1. The van der Waals surface area contributed by atoms with E-state index in [0.717, 1.165) is 12.4 Å². The Morgan fingerprint density at radius 3 is 3.14 bits per heavy atom. The molecular formula is C8H13ClN4S. The first-order chi connectivity index (χ1) is 6.90. The lowest BCUT2D eigenvalue weighted by Gasteiger charge is -2.20. The molecule has 0 N–H and O–H groups in total. The van der Waals surface area contributed by atoms with Gasteiger partial charge in [0, 0.05) is 5.25 Å². The number of hydrogen-bond donors (Lipinski definition) is 0. The Kier molecular flexibility index (Phi) is 3.64. The van der Waals surface area contributed by atoms with E-state index >= 15 is 0 Å². The van der Waals surface area contributed by atoms with Gasteiger partial charge in [-0.3, -0.25) is 0 Å². The van der Waals surface area contributed by atoms with Crippen LogP contribution in [-0.2, 0) is 12.4 Å². The zero-order valence-electron chi connectivity index (χ0n) is 7.90. The van der Waals surface area contributed by atoms with E-state index in [1.54, 1.807) is 0 Å². The highest BCUT2D eigenvalue weighted by molar-refractivity contribution is 7.99. The van der Waals surface area contributed by atoms with Crippen molar-refractivity contribution in [3.05, 3.63) is 5.82 Å². The molecule has 0 aliphatic carbocycles. The lowest BCUT2D eigenvalue weighted by molar-refractivity contribution is 0.520. The third-order valence-electron chi connectivity index (χ3n) is 2.38. The van der Waals surface area contributed by atoms with Crippen LogP contribution in [0, 0.1) is 0 Å². The Morgan fingerprint density at radius 2 is 2.43 bits per heavy atom. The van der Waals surface area contributed by atoms with E-state index in [-0.39, 0.29) is 0 Å². The fourth-order valence-corrected chi connectivity index (χ4v) is 3.08. The smallest absolute Gasteiger partial charge is 0.166 e. The van der Waals surface area contributed by atoms with Crippen molar-refractivity contribution in [1.29, 1.82) is 0 Å². The molecule has 2 rings (SSSR count). The molecule has 2 heterocycles. The number of tetrazole rings is 1. The van der Waals surface area contributed by atoms with Gasteiger partial charge >= 0.3 is 0 Å². The van der Waals surface area contributed by atoms with Crippen molar-refractivity contribution in [3.63, 3.8) is 0 Å². The Hall–Kier alpha value is -0.290. The molecule has 4 nitrogen and oxygen atoms in total. The van der Waals surface area contributed by atoms with Crippen LogP contribution in [0.25, 0.3) is 0 Å². The van der Waals surface area contributed by atoms with Crippen LogP contribution in [0.4, 0.5) is 0 Å². The van der Waals surface area contributed by atoms with E-state index in [1.165, 1.54) is 25.0 Å². The molecule has 0 bridgehead atoms. The second-order valence-electron chi connectivity index (χ2n) is 3.40. The van der Waals surface area contributed by atoms with Crippen molar-refractivity contribution in [2.24, 2.45) is 0 Å². The Bertz CT molecular complexity index is 285. The maximum absolute atomic E-state index is 5.72. The van der Waals surface area contributed by atoms with Crippen LogP contribution in [0.15, 0.2) is 0 Å². The van der Waals surface area contributed by atoms with E-state index in [1.807, 2.05) is 16.4 Å². The van der Waals surface area contributed by atoms with Crippen molar-refractivity contribution < 1.29 is 0 Å². The molecule has 1 unspecified atom stereocenters. The minimum absolute atomic E-state index is 0.393. The molecule has 1 atom stereocenters. The lowest BCUT2D eigenvalue weighted by Crippen LogP contribution is -2.19. The second-order valence-corrected chi connectivity index (χ2v) is 5.07. The molecule has 14 heavy (non-hydrogen) atoms. The van der Waals surface area contributed by atoms with Gasteiger partial charge in [0.05, 0.1) is 12.4 Å². The minimum Gasteiger partial charge on any atom is -0.227 e. The van der Waals surface area contributed by atoms with Gasteiger partial charge in [-0.2, -0.15) is 11.8 Å². The highest BCUT2D eigenvalue weighted by atomic mass is 35.5. The van der Waals surface area contributed by atoms with Crippen molar-refractivity contribution in [1.82, 2.24) is 20.2 Å². The standard InChI is InChI=1S/C8H13ClN4S/c9-5-8-10-11-12-13(8)6-7-3-1-2-4-14-7/h7H,1-6H2. The summed E-state index contributed by atoms with van der Waals surface area (Å²) in [4.78, 5) is 0. The predicted molar refractivity (Wildman–Crippen MR) is 57.5 cm³/mol. The molecule has 1 aromatic rings. The van der Waals surface area contributed by atoms with E-state index in [0.29, 0.717) is 11.1 Å². The van der Waals surface area contributed by atoms with Gasteiger partial charge < -0.3 is 0 Å². The van der Waals surface area contributed by atoms with Gasteiger partial charge in [-0.25, -0.2) is 4.68 Å². The normalized spacial score (nSPS) is 22.5. The maximum atomic E-state index is 5.72. The molecule has 1 fully saturated rings. The molecular weight excluding hydrogens is 220 g/mol. The summed E-state index contributed by atoms with van der Waals surface area (Å²) in [6.45, 7) is 0.903. The fraction of sp³-hybridized carbons (Fsp3) is 0.875. The topological polar surface area (TPSA) is 43.6 Å². The van der Waals surface area contributed by atoms with Crippen LogP contribution in [0.3, 0.4) is 0 Å². The molecule has 0 spiro atoms. The molecule has 0 saturated carbocycles. The third-order valence-corrected chi connectivity index (χ3v) is 4.00. The first-order valence-corrected chi connectivity index (χ1v) is 6.41. The van der Waals surface area contributed by atoms with E-state index in [4.69, 9.17) is 11.6 Å². The third kappa shape index (κ3) is 2.39. The molecule has 0 amide bonds. The summed E-state index contributed by atoms with van der Waals surface area (Å²) in [6, 6.07) is 0. The van der Waals surface area contributed by atoms with Crippen LogP contribution >= 0.6 is 23.4 Å². The van der Waals surface area contributed by atoms with Crippen molar-refractivity contribution in [2.45, 2.75) is 36.9 Å². The Morgan fingerprint density at radius 1 is 1.50 bits per heavy atom. The van der Waals surface area contributed by atoms with Gasteiger partial charge in [0.25, 0.3) is 0 Å². The number of thioether (sulfide) groups is 1. The zero-order valence-corrected chi connectivity index (χ0v) is 9.47. The summed E-state index contributed by atoms with van der Waals surface area (Å²) in [5, 5.41) is 12.1. The van der Waals surface area contributed by atoms with Crippen molar-refractivity contribution >= 4 is 23.4 Å². The van der Waals surface area contributed by atoms with Crippen LogP contribution in [-0.4, -0.2) is 31.2 Å². The van der Waals surface area contributed by atoms with Crippen molar-refractivity contribution in [2.75, 3.05) is 5.75 Å². The van der Waals surface area contributed by atoms with Crippen LogP contribution in [0.5, 0.6) is 0 Å². The molecule has 1 aliphatic heterocycles. The largest absolute Gasteiger partial charge is 0.227 e. The Labute approximate surface area is 92.4 Å². The summed E-state index contributed by atoms with van der Waals surface area (Å²) >= 11 is 7.74. The van der Waals surface area contributed by atoms with Gasteiger partial charge in [0.15, 0.2) is 5.82 Å². The average molecular weight is 233 g/mol. The predicted octanol–water partition coefficient (Wildman–Crippen LogP) is 1.70. The molecule has 0 aromatic carbocycles. The van der Waals surface area contributed by atoms with Crippen molar-refractivity contribution in [3.8, 4) is 0 Å². The average Bonchev–Trinajstić information content (AvgIpc) is 2.67. The number of nitrogens with zero attached hydrogens (tertiary/aromatic N) is 4. The summed E-state index contributed by atoms with van der Waals surface area (Å²) in [7, 11) is 0. The quantitative estimate of drug-likeness (QED) is 0.745. The molecule has 1 aliphatic rings. The molecule has 1 aromatic heterocycles. The fourth-order valence-electron chi connectivity index (χ4n) is 1.61. The highest BCUT2D eigenvalue weighted by Crippen LogP contribution is 2.26. The molecule has 78 valence electrons. The highest BCUT2D eigenvalue weighted by Gasteiger charge is 2.16. The van der Waals surface area contributed by atoms with E-state index in [9.17, 15) is 0 Å². The van der Waals surface area contributed by atoms with Gasteiger partial charge in [-0.15, -0.1) is 16.7 Å². The van der Waals surface area contributed by atoms with Gasteiger partial charge in [0.2, 0.25) is 0 Å². The van der Waals surface area contributed by atoms with Gasteiger partial charge in [-0.1, -0.05) is 6.42 Å². The summed E-state index contributed by atoms with van der Waals surface area (Å²) < 4.78 is 1.83. The number of rotatable bonds is 3. The number of alkyl halides is 1. The maximum Gasteiger partial charge on any atom is 0.166 e. The number of aromatic nitrogens is 4. The zero-order chi connectivity index (χ0) is 9.80. The van der Waals surface area contributed by atoms with E-state index < -0.39 is 0 Å². The summed E-state index contributed by atoms with van der Waals surface area (Å²) in [6.07, 6.45) is 3.95. The van der Waals surface area contributed by atoms with Crippen LogP contribution in [0.1, 0.15) is 25.1 Å². The lowest BCUT2D eigenvalue weighted by atomic mass is 10.2. The van der Waals surface area contributed by atoms with Crippen LogP contribution < -0.4 is 0 Å². The molecule has 6 heteroatoms. The van der Waals surface area contributed by atoms with Gasteiger partial charge in [0.1, 0.15) is 0 Å². The first-order valence-electron chi connectivity index (χ1n) is 4.83. The van der Waals surface area contributed by atoms with E-state index in [2.05, 4.69) is 15.5 Å². The Balaban J connectivity index is 1.95. The summed E-state index contributed by atoms with van der Waals surface area (Å²) in [5.74, 6) is 2.44. The molecule has 0 radical (unpaired) electrons. The minimum atomic E-state index is 0.393. The summed E-state index contributed by atoms with van der Waals surface area (Å²) in [5.41, 5.74) is 0. The van der Waals surface area contributed by atoms with Crippen LogP contribution in [0.2, 0.25) is 0 Å². The first kappa shape index (κ1) is 10.2. The number of hydrogen-bond acceptors (Lipinski definition) is 4. The second kappa shape index (κ2) is 4.98.